The number of hydrogen-bond acceptors (Lipinski definition) is 13. The first-order chi connectivity index (χ1) is 38.8. The lowest BCUT2D eigenvalue weighted by Crippen LogP contribution is -2.64. The van der Waals surface area contributed by atoms with Gasteiger partial charge in [-0.25, -0.2) is 0 Å². The first-order valence-electron chi connectivity index (χ1n) is 30.1. The standard InChI is InChI=1S/C59H104N12O13/c1-18-35(9)45(65-47(75)39(24-25-44(60)74)64-54(82)57(12,13)67-37(11)73)52(80)62-40(29-33(5)6)48(76)69-59(16,17)56(84)71-27-21-23-43(71)51(79)66-46(36(10)19-2)53(81)63-41(30-34(7)8)49(77)68-58(14,15)55(83)70-26-20-22-42(70)50(78)61-38(31-72)28-32(3)4/h32-36,38-43,45-46,72H,18-31H2,1-17H3,(H2,60,74)(H,61,78)(H,62,80)(H,63,81)(H,64,82)(H,65,75)(H,66,79)(H,67,73)(H,68,77)(H,69,76)/t35-,36-,38-,39-,40+,41-,42-,43-,45+,46+/m0/s1. The molecule has 0 aromatic heterocycles. The Morgan fingerprint density at radius 3 is 1.29 bits per heavy atom. The molecule has 84 heavy (non-hydrogen) atoms. The third kappa shape index (κ3) is 22.2. The molecule has 0 spiro atoms. The minimum absolute atomic E-state index is 0.104. The summed E-state index contributed by atoms with van der Waals surface area (Å²) >= 11 is 0. The van der Waals surface area contributed by atoms with Crippen molar-refractivity contribution in [3.8, 4) is 0 Å². The monoisotopic (exact) mass is 1190 g/mol. The lowest BCUT2D eigenvalue weighted by molar-refractivity contribution is -0.146. The van der Waals surface area contributed by atoms with E-state index in [1.807, 2.05) is 48.5 Å². The molecule has 0 bridgehead atoms. The van der Waals surface area contributed by atoms with Gasteiger partial charge >= 0.3 is 0 Å². The third-order valence-corrected chi connectivity index (χ3v) is 15.5. The highest BCUT2D eigenvalue weighted by Crippen LogP contribution is 2.25. The summed E-state index contributed by atoms with van der Waals surface area (Å²) in [6, 6.07) is -8.49. The van der Waals surface area contributed by atoms with Crippen LogP contribution in [0, 0.1) is 29.6 Å². The quantitative estimate of drug-likeness (QED) is 0.0439. The number of nitrogens with zero attached hydrogens (tertiary/aromatic N) is 2. The summed E-state index contributed by atoms with van der Waals surface area (Å²) in [6.45, 7) is 28.7. The first-order valence-corrected chi connectivity index (χ1v) is 30.1. The van der Waals surface area contributed by atoms with Crippen molar-refractivity contribution in [1.29, 1.82) is 0 Å². The summed E-state index contributed by atoms with van der Waals surface area (Å²) in [4.78, 5) is 167. The Balaban J connectivity index is 2.33. The zero-order valence-corrected chi connectivity index (χ0v) is 53.2. The van der Waals surface area contributed by atoms with Crippen molar-refractivity contribution in [2.75, 3.05) is 19.7 Å². The highest BCUT2D eigenvalue weighted by molar-refractivity contribution is 6.01. The molecule has 2 saturated heterocycles. The number of carbonyl (C=O) groups excluding carboxylic acids is 12. The van der Waals surface area contributed by atoms with E-state index >= 15 is 0 Å². The van der Waals surface area contributed by atoms with Crippen LogP contribution in [0.2, 0.25) is 0 Å². The maximum absolute atomic E-state index is 14.5. The fraction of sp³-hybridized carbons (Fsp3) is 0.797. The van der Waals surface area contributed by atoms with E-state index in [0.717, 1.165) is 0 Å². The van der Waals surface area contributed by atoms with Gasteiger partial charge in [-0.3, -0.25) is 57.5 Å². The Hall–Kier alpha value is -6.40. The summed E-state index contributed by atoms with van der Waals surface area (Å²) in [5, 5.41) is 34.6. The second kappa shape index (κ2) is 32.8. The molecule has 25 nitrogen and oxygen atoms in total. The van der Waals surface area contributed by atoms with Gasteiger partial charge < -0.3 is 68.5 Å². The second-order valence-electron chi connectivity index (χ2n) is 26.0. The molecular formula is C59H104N12O13. The number of primary amides is 1. The van der Waals surface area contributed by atoms with Crippen LogP contribution in [0.1, 0.15) is 188 Å². The number of amides is 12. The van der Waals surface area contributed by atoms with Crippen molar-refractivity contribution in [1.82, 2.24) is 57.7 Å². The molecule has 0 aromatic rings. The van der Waals surface area contributed by atoms with Gasteiger partial charge in [0.05, 0.1) is 12.6 Å². The zero-order valence-electron chi connectivity index (χ0n) is 53.2. The number of aliphatic hydroxyl groups is 1. The van der Waals surface area contributed by atoms with Crippen LogP contribution in [0.25, 0.3) is 0 Å². The summed E-state index contributed by atoms with van der Waals surface area (Å²) in [5.74, 6) is -8.75. The first kappa shape index (κ1) is 73.7. The van der Waals surface area contributed by atoms with Gasteiger partial charge in [-0.05, 0) is 122 Å². The van der Waals surface area contributed by atoms with Crippen LogP contribution in [-0.4, -0.2) is 170 Å². The molecule has 12 N–H and O–H groups in total. The number of carbonyl (C=O) groups is 12. The normalized spacial score (nSPS) is 18.5. The number of likely N-dealkylation sites (tertiary alicyclic amines) is 2. The van der Waals surface area contributed by atoms with Gasteiger partial charge in [-0.15, -0.1) is 0 Å². The predicted molar refractivity (Wildman–Crippen MR) is 316 cm³/mol. The lowest BCUT2D eigenvalue weighted by atomic mass is 9.95. The topological polar surface area (TPSA) is 366 Å². The van der Waals surface area contributed by atoms with E-state index in [1.54, 1.807) is 20.8 Å². The van der Waals surface area contributed by atoms with E-state index in [-0.39, 0.29) is 75.5 Å². The molecule has 2 aliphatic rings. The van der Waals surface area contributed by atoms with Crippen LogP contribution < -0.4 is 53.6 Å². The minimum atomic E-state index is -1.65. The molecule has 12 amide bonds. The van der Waals surface area contributed by atoms with E-state index in [1.165, 1.54) is 58.3 Å². The smallest absolute Gasteiger partial charge is 0.248 e. The molecular weight excluding hydrogens is 1080 g/mol. The Kier molecular flexibility index (Phi) is 28.7. The fourth-order valence-electron chi connectivity index (χ4n) is 10.5. The Morgan fingerprint density at radius 1 is 0.512 bits per heavy atom. The van der Waals surface area contributed by atoms with Gasteiger partial charge in [-0.1, -0.05) is 82.1 Å². The van der Waals surface area contributed by atoms with E-state index in [0.29, 0.717) is 38.5 Å². The van der Waals surface area contributed by atoms with Crippen molar-refractivity contribution in [3.05, 3.63) is 0 Å². The third-order valence-electron chi connectivity index (χ3n) is 15.5. The van der Waals surface area contributed by atoms with Crippen molar-refractivity contribution >= 4 is 70.9 Å². The largest absolute Gasteiger partial charge is 0.394 e. The number of hydrogen-bond donors (Lipinski definition) is 11. The van der Waals surface area contributed by atoms with Crippen LogP contribution in [0.15, 0.2) is 0 Å². The van der Waals surface area contributed by atoms with Crippen molar-refractivity contribution in [2.45, 2.75) is 253 Å². The van der Waals surface area contributed by atoms with Gasteiger partial charge in [-0.2, -0.15) is 0 Å². The van der Waals surface area contributed by atoms with Gasteiger partial charge in [0.1, 0.15) is 58.9 Å². The number of nitrogens with two attached hydrogens (primary N) is 1. The average molecular weight is 1190 g/mol. The lowest BCUT2D eigenvalue weighted by Gasteiger charge is -2.36. The maximum Gasteiger partial charge on any atom is 0.248 e. The summed E-state index contributed by atoms with van der Waals surface area (Å²) in [5.41, 5.74) is 0.763. The molecule has 0 aliphatic carbocycles. The van der Waals surface area contributed by atoms with Crippen LogP contribution in [0.4, 0.5) is 0 Å². The minimum Gasteiger partial charge on any atom is -0.394 e. The second-order valence-corrected chi connectivity index (χ2v) is 26.0. The van der Waals surface area contributed by atoms with Gasteiger partial charge in [0, 0.05) is 26.4 Å². The van der Waals surface area contributed by atoms with E-state index < -0.39 is 142 Å². The predicted octanol–water partition coefficient (Wildman–Crippen LogP) is 1.07. The number of nitrogens with one attached hydrogen (secondary N) is 9. The van der Waals surface area contributed by atoms with Crippen LogP contribution in [0.3, 0.4) is 0 Å². The molecule has 0 aromatic carbocycles. The molecule has 2 aliphatic heterocycles. The number of rotatable bonds is 33. The van der Waals surface area contributed by atoms with E-state index in [4.69, 9.17) is 5.73 Å². The Bertz CT molecular complexity index is 2340. The van der Waals surface area contributed by atoms with Gasteiger partial charge in [0.2, 0.25) is 70.9 Å². The molecule has 25 heteroatoms. The molecule has 0 radical (unpaired) electrons. The summed E-state index contributed by atoms with van der Waals surface area (Å²) in [7, 11) is 0. The number of aliphatic hydroxyl groups excluding tert-OH is 1. The van der Waals surface area contributed by atoms with Crippen LogP contribution >= 0.6 is 0 Å². The van der Waals surface area contributed by atoms with Crippen molar-refractivity contribution in [3.63, 3.8) is 0 Å². The van der Waals surface area contributed by atoms with Crippen LogP contribution in [0.5, 0.6) is 0 Å². The Morgan fingerprint density at radius 2 is 0.917 bits per heavy atom. The Labute approximate surface area is 497 Å². The zero-order chi connectivity index (χ0) is 64.4. The molecule has 0 unspecified atom stereocenters. The molecule has 2 rings (SSSR count). The molecule has 0 saturated carbocycles. The summed E-state index contributed by atoms with van der Waals surface area (Å²) < 4.78 is 0. The SMILES string of the molecule is CC[C@H](C)[C@@H](NC(=O)[C@H](CCC(N)=O)NC(=O)C(C)(C)NC(C)=O)C(=O)N[C@H](CC(C)C)C(=O)NC(C)(C)C(=O)N1CCC[C@H]1C(=O)N[C@@H](C(=O)N[C@@H](CC(C)C)C(=O)NC(C)(C)C(=O)N1CCC[C@H]1C(=O)N[C@H](CO)CC(C)C)[C@@H](C)CC. The fourth-order valence-corrected chi connectivity index (χ4v) is 10.5. The van der Waals surface area contributed by atoms with Crippen LogP contribution in [-0.2, 0) is 57.5 Å². The van der Waals surface area contributed by atoms with E-state index in [9.17, 15) is 62.6 Å². The highest BCUT2D eigenvalue weighted by atomic mass is 16.3. The highest BCUT2D eigenvalue weighted by Gasteiger charge is 2.46. The maximum atomic E-state index is 14.5. The molecule has 10 atom stereocenters. The molecule has 2 heterocycles. The van der Waals surface area contributed by atoms with Crippen molar-refractivity contribution in [2.24, 2.45) is 35.3 Å². The molecule has 478 valence electrons. The summed E-state index contributed by atoms with van der Waals surface area (Å²) in [6.07, 6.45) is 2.72. The van der Waals surface area contributed by atoms with Crippen molar-refractivity contribution < 1.29 is 62.6 Å². The van der Waals surface area contributed by atoms with Gasteiger partial charge in [0.15, 0.2) is 0 Å². The van der Waals surface area contributed by atoms with Gasteiger partial charge in [0.25, 0.3) is 0 Å². The molecule has 2 fully saturated rings. The average Bonchev–Trinajstić information content (AvgIpc) is 3.20. The van der Waals surface area contributed by atoms with E-state index in [2.05, 4.69) is 47.9 Å².